The summed E-state index contributed by atoms with van der Waals surface area (Å²) in [5.74, 6) is -0.484. The van der Waals surface area contributed by atoms with Crippen molar-refractivity contribution in [1.29, 1.82) is 0 Å². The number of carbonyl (C=O) groups excluding carboxylic acids is 2. The Balaban J connectivity index is 1.65. The van der Waals surface area contributed by atoms with E-state index in [2.05, 4.69) is 39.8 Å². The lowest BCUT2D eigenvalue weighted by Crippen LogP contribution is -2.78. The Morgan fingerprint density at radius 1 is 1.15 bits per heavy atom. The highest BCUT2D eigenvalue weighted by atomic mass is 16.5. The highest BCUT2D eigenvalue weighted by molar-refractivity contribution is 5.96. The van der Waals surface area contributed by atoms with E-state index in [-0.39, 0.29) is 17.8 Å². The van der Waals surface area contributed by atoms with Gasteiger partial charge in [-0.3, -0.25) is 31.5 Å². The number of rotatable bonds is 10. The van der Waals surface area contributed by atoms with E-state index in [1.807, 2.05) is 23.2 Å². The fourth-order valence-corrected chi connectivity index (χ4v) is 3.57. The van der Waals surface area contributed by atoms with Gasteiger partial charge in [-0.25, -0.2) is 5.01 Å². The predicted molar refractivity (Wildman–Crippen MR) is 126 cm³/mol. The molecular formula is C23H34N7O3+. The molecule has 0 spiro atoms. The number of hydrogen-bond acceptors (Lipinski definition) is 4. The summed E-state index contributed by atoms with van der Waals surface area (Å²) in [5, 5.41) is 4.66. The van der Waals surface area contributed by atoms with E-state index in [0.717, 1.165) is 17.7 Å². The number of nitrogens with one attached hydrogen (secondary N) is 4. The Morgan fingerprint density at radius 2 is 1.88 bits per heavy atom. The molecule has 1 aromatic heterocycles. The molecule has 1 saturated heterocycles. The minimum absolute atomic E-state index is 0.124. The fourth-order valence-electron chi connectivity index (χ4n) is 3.57. The lowest BCUT2D eigenvalue weighted by Gasteiger charge is -2.29. The van der Waals surface area contributed by atoms with Crippen LogP contribution in [0.15, 0.2) is 36.4 Å². The standard InChI is InChI=1S/C23H33N7O3/c1-2-16-5-7-17(8-6-16)18-9-10-20(27-18)21(31)28-19(4-3-11-26-23(24)25)22(32)29-30-12-14-33-15-13-30/h5-10,19,27H,2-4,11-15H2,1H3,(H,28,31)(H,29,32)(H4,24,25,26)/p+1. The Morgan fingerprint density at radius 3 is 2.55 bits per heavy atom. The molecule has 10 nitrogen and oxygen atoms in total. The number of aromatic nitrogens is 1. The summed E-state index contributed by atoms with van der Waals surface area (Å²) < 4.78 is 5.32. The quantitative estimate of drug-likeness (QED) is 0.151. The Labute approximate surface area is 193 Å². The maximum atomic E-state index is 12.9. The van der Waals surface area contributed by atoms with Crippen LogP contribution in [0.5, 0.6) is 0 Å². The molecule has 2 heterocycles. The molecule has 8 N–H and O–H groups in total. The molecule has 2 aromatic rings. The first-order valence-corrected chi connectivity index (χ1v) is 11.3. The SMILES string of the molecule is CCc1ccc(-c2ccc(C(=O)NC(CCC[NH+]=C(N)N)C(=O)NN3CCOCC3)[nH]2)cc1. The number of hydrogen-bond donors (Lipinski definition) is 6. The number of nitrogens with two attached hydrogens (primary N) is 2. The Kier molecular flexibility index (Phi) is 8.85. The Hall–Kier alpha value is -3.37. The molecule has 0 saturated carbocycles. The van der Waals surface area contributed by atoms with Crippen molar-refractivity contribution in [2.45, 2.75) is 32.2 Å². The summed E-state index contributed by atoms with van der Waals surface area (Å²) in [4.78, 5) is 31.8. The number of H-pyrrole nitrogens is 1. The highest BCUT2D eigenvalue weighted by Gasteiger charge is 2.24. The minimum atomic E-state index is -0.711. The van der Waals surface area contributed by atoms with E-state index in [1.54, 1.807) is 6.07 Å². The van der Waals surface area contributed by atoms with Crippen LogP contribution in [0.25, 0.3) is 11.3 Å². The van der Waals surface area contributed by atoms with Gasteiger partial charge in [-0.05, 0) is 42.5 Å². The summed E-state index contributed by atoms with van der Waals surface area (Å²) in [5.41, 5.74) is 17.2. The molecule has 1 aromatic carbocycles. The monoisotopic (exact) mass is 456 g/mol. The number of hydrazine groups is 1. The second kappa shape index (κ2) is 12.0. The van der Waals surface area contributed by atoms with Crippen LogP contribution in [0.3, 0.4) is 0 Å². The molecule has 33 heavy (non-hydrogen) atoms. The van der Waals surface area contributed by atoms with Crippen LogP contribution in [0.4, 0.5) is 0 Å². The van der Waals surface area contributed by atoms with Gasteiger partial charge >= 0.3 is 5.96 Å². The predicted octanol–water partition coefficient (Wildman–Crippen LogP) is -1.16. The normalized spacial score (nSPS) is 14.9. The summed E-state index contributed by atoms with van der Waals surface area (Å²) in [7, 11) is 0. The first-order chi connectivity index (χ1) is 16.0. The lowest BCUT2D eigenvalue weighted by molar-refractivity contribution is -0.459. The van der Waals surface area contributed by atoms with Gasteiger partial charge in [-0.1, -0.05) is 31.2 Å². The van der Waals surface area contributed by atoms with Crippen LogP contribution >= 0.6 is 0 Å². The van der Waals surface area contributed by atoms with Gasteiger partial charge in [0.15, 0.2) is 0 Å². The number of guanidine groups is 1. The molecule has 10 heteroatoms. The maximum Gasteiger partial charge on any atom is 0.338 e. The van der Waals surface area contributed by atoms with Crippen LogP contribution in [0.1, 0.15) is 35.8 Å². The van der Waals surface area contributed by atoms with E-state index < -0.39 is 6.04 Å². The van der Waals surface area contributed by atoms with Gasteiger partial charge in [0.25, 0.3) is 11.8 Å². The van der Waals surface area contributed by atoms with Crippen molar-refractivity contribution < 1.29 is 19.3 Å². The summed E-state index contributed by atoms with van der Waals surface area (Å²) >= 11 is 0. The second-order valence-electron chi connectivity index (χ2n) is 7.96. The molecule has 1 aliphatic heterocycles. The molecule has 0 radical (unpaired) electrons. The van der Waals surface area contributed by atoms with Gasteiger partial charge in [0.1, 0.15) is 11.7 Å². The number of aryl methyl sites for hydroxylation is 1. The molecule has 0 aliphatic carbocycles. The minimum Gasteiger partial charge on any atom is -0.379 e. The third-order valence-corrected chi connectivity index (χ3v) is 5.50. The number of benzene rings is 1. The molecular weight excluding hydrogens is 422 g/mol. The number of ether oxygens (including phenoxy) is 1. The van der Waals surface area contributed by atoms with Crippen LogP contribution in [0.2, 0.25) is 0 Å². The third kappa shape index (κ3) is 7.33. The average molecular weight is 457 g/mol. The molecule has 1 fully saturated rings. The fraction of sp³-hybridized carbons (Fsp3) is 0.435. The number of nitrogens with zero attached hydrogens (tertiary/aromatic N) is 1. The zero-order valence-corrected chi connectivity index (χ0v) is 19.0. The summed E-state index contributed by atoms with van der Waals surface area (Å²) in [6.45, 7) is 4.92. The van der Waals surface area contributed by atoms with Crippen molar-refractivity contribution in [3.8, 4) is 11.3 Å². The van der Waals surface area contributed by atoms with Crippen LogP contribution in [-0.4, -0.2) is 66.7 Å². The number of aromatic amines is 1. The molecule has 1 atom stereocenters. The first kappa shape index (κ1) is 24.3. The summed E-state index contributed by atoms with van der Waals surface area (Å²) in [6, 6.07) is 11.1. The van der Waals surface area contributed by atoms with Crippen LogP contribution in [-0.2, 0) is 16.0 Å². The van der Waals surface area contributed by atoms with Crippen LogP contribution < -0.4 is 27.2 Å². The topological polar surface area (TPSA) is 152 Å². The lowest BCUT2D eigenvalue weighted by atomic mass is 10.1. The Bertz CT molecular complexity index is 945. The van der Waals surface area contributed by atoms with Crippen molar-refractivity contribution in [3.05, 3.63) is 47.7 Å². The smallest absolute Gasteiger partial charge is 0.338 e. The van der Waals surface area contributed by atoms with Gasteiger partial charge in [-0.2, -0.15) is 0 Å². The zero-order chi connectivity index (χ0) is 23.6. The number of carbonyl (C=O) groups is 2. The summed E-state index contributed by atoms with van der Waals surface area (Å²) in [6.07, 6.45) is 1.99. The molecule has 1 unspecified atom stereocenters. The number of morpholine rings is 1. The zero-order valence-electron chi connectivity index (χ0n) is 19.0. The molecule has 178 valence electrons. The molecule has 3 rings (SSSR count). The van der Waals surface area contributed by atoms with E-state index in [9.17, 15) is 9.59 Å². The van der Waals surface area contributed by atoms with Gasteiger partial charge in [-0.15, -0.1) is 0 Å². The van der Waals surface area contributed by atoms with Crippen molar-refractivity contribution in [3.63, 3.8) is 0 Å². The van der Waals surface area contributed by atoms with E-state index in [1.165, 1.54) is 5.56 Å². The van der Waals surface area contributed by atoms with E-state index in [4.69, 9.17) is 16.2 Å². The van der Waals surface area contributed by atoms with Gasteiger partial charge < -0.3 is 15.0 Å². The molecule has 0 bridgehead atoms. The van der Waals surface area contributed by atoms with Crippen LogP contribution in [0, 0.1) is 0 Å². The maximum absolute atomic E-state index is 12.9. The highest BCUT2D eigenvalue weighted by Crippen LogP contribution is 2.19. The van der Waals surface area contributed by atoms with Crippen molar-refractivity contribution in [1.82, 2.24) is 20.7 Å². The molecule has 2 amide bonds. The number of amides is 2. The van der Waals surface area contributed by atoms with Gasteiger partial charge in [0.05, 0.1) is 19.8 Å². The second-order valence-corrected chi connectivity index (χ2v) is 7.96. The largest absolute Gasteiger partial charge is 0.379 e. The third-order valence-electron chi connectivity index (χ3n) is 5.50. The first-order valence-electron chi connectivity index (χ1n) is 11.3. The van der Waals surface area contributed by atoms with Crippen molar-refractivity contribution >= 4 is 17.8 Å². The van der Waals surface area contributed by atoms with Gasteiger partial charge in [0.2, 0.25) is 0 Å². The van der Waals surface area contributed by atoms with Gasteiger partial charge in [0, 0.05) is 18.8 Å². The van der Waals surface area contributed by atoms with Crippen molar-refractivity contribution in [2.24, 2.45) is 11.5 Å². The van der Waals surface area contributed by atoms with Crippen molar-refractivity contribution in [2.75, 3.05) is 32.8 Å². The molecule has 1 aliphatic rings. The van der Waals surface area contributed by atoms with E-state index in [0.29, 0.717) is 51.4 Å². The van der Waals surface area contributed by atoms with E-state index >= 15 is 0 Å². The average Bonchev–Trinajstić information content (AvgIpc) is 3.32.